The second kappa shape index (κ2) is 9.53. The van der Waals surface area contributed by atoms with Crippen molar-refractivity contribution < 1.29 is 9.47 Å². The Balaban J connectivity index is 1.58. The molecule has 0 radical (unpaired) electrons. The van der Waals surface area contributed by atoms with Gasteiger partial charge < -0.3 is 19.4 Å². The second-order valence-corrected chi connectivity index (χ2v) is 7.02. The molecule has 1 aromatic heterocycles. The van der Waals surface area contributed by atoms with Crippen molar-refractivity contribution in [2.75, 3.05) is 13.7 Å². The fraction of sp³-hybridized carbons (Fsp3) is 0.300. The second-order valence-electron chi connectivity index (χ2n) is 6.17. The molecule has 1 heterocycles. The Labute approximate surface area is 167 Å². The summed E-state index contributed by atoms with van der Waals surface area (Å²) in [5.74, 6) is 2.39. The van der Waals surface area contributed by atoms with Crippen molar-refractivity contribution in [1.29, 1.82) is 0 Å². The van der Waals surface area contributed by atoms with Gasteiger partial charge in [0.25, 0.3) is 0 Å². The van der Waals surface area contributed by atoms with E-state index >= 15 is 0 Å². The Bertz CT molecular complexity index is 868. The smallest absolute Gasteiger partial charge is 0.175 e. The van der Waals surface area contributed by atoms with E-state index in [1.165, 1.54) is 0 Å². The Morgan fingerprint density at radius 1 is 1.15 bits per heavy atom. The van der Waals surface area contributed by atoms with E-state index in [4.69, 9.17) is 9.47 Å². The molecule has 0 bridgehead atoms. The lowest BCUT2D eigenvalue weighted by Crippen LogP contribution is -2.18. The Morgan fingerprint density at radius 3 is 2.67 bits per heavy atom. The van der Waals surface area contributed by atoms with E-state index in [9.17, 15) is 0 Å². The van der Waals surface area contributed by atoms with Crippen LogP contribution in [-0.4, -0.2) is 28.4 Å². The molecule has 0 spiro atoms. The maximum atomic E-state index is 5.98. The summed E-state index contributed by atoms with van der Waals surface area (Å²) >= 11 is 3.61. The van der Waals surface area contributed by atoms with Crippen LogP contribution in [0, 0.1) is 0 Å². The van der Waals surface area contributed by atoms with Crippen LogP contribution < -0.4 is 14.8 Å². The minimum Gasteiger partial charge on any atom is -0.493 e. The number of nitrogens with one attached hydrogen (secondary N) is 1. The number of nitrogens with zero attached hydrogens (tertiary/aromatic N) is 3. The number of hydrogen-bond acceptors (Lipinski definition) is 5. The van der Waals surface area contributed by atoms with Crippen LogP contribution in [0.25, 0.3) is 0 Å². The lowest BCUT2D eigenvalue weighted by Gasteiger charge is -2.15. The van der Waals surface area contributed by atoms with Gasteiger partial charge in [-0.2, -0.15) is 0 Å². The molecule has 0 saturated heterocycles. The van der Waals surface area contributed by atoms with Gasteiger partial charge in [-0.05, 0) is 39.2 Å². The van der Waals surface area contributed by atoms with Crippen LogP contribution in [0.3, 0.4) is 0 Å². The summed E-state index contributed by atoms with van der Waals surface area (Å²) in [5.41, 5.74) is 2.23. The minimum atomic E-state index is 0.491. The van der Waals surface area contributed by atoms with Gasteiger partial charge in [0.05, 0.1) is 11.6 Å². The molecule has 1 N–H and O–H groups in total. The highest BCUT2D eigenvalue weighted by Gasteiger charge is 2.12. The monoisotopic (exact) mass is 430 g/mol. The van der Waals surface area contributed by atoms with Crippen molar-refractivity contribution in [3.63, 3.8) is 0 Å². The summed E-state index contributed by atoms with van der Waals surface area (Å²) in [4.78, 5) is 0. The molecule has 7 heteroatoms. The molecule has 0 saturated carbocycles. The molecule has 6 nitrogen and oxygen atoms in total. The normalized spacial score (nSPS) is 10.8. The van der Waals surface area contributed by atoms with E-state index in [0.29, 0.717) is 18.1 Å². The molecular formula is C20H23BrN4O2. The Kier molecular flexibility index (Phi) is 6.84. The predicted octanol–water partition coefficient (Wildman–Crippen LogP) is 3.50. The lowest BCUT2D eigenvalue weighted by atomic mass is 10.2. The van der Waals surface area contributed by atoms with Crippen molar-refractivity contribution in [3.05, 3.63) is 70.2 Å². The van der Waals surface area contributed by atoms with Crippen LogP contribution >= 0.6 is 15.9 Å². The molecule has 3 aromatic rings. The maximum absolute atomic E-state index is 5.98. The molecule has 0 atom stereocenters. The Morgan fingerprint density at radius 2 is 1.96 bits per heavy atom. The lowest BCUT2D eigenvalue weighted by molar-refractivity contribution is 0.282. The van der Waals surface area contributed by atoms with Gasteiger partial charge in [-0.3, -0.25) is 0 Å². The van der Waals surface area contributed by atoms with Gasteiger partial charge in [0.15, 0.2) is 11.5 Å². The van der Waals surface area contributed by atoms with Crippen molar-refractivity contribution >= 4 is 15.9 Å². The highest BCUT2D eigenvalue weighted by molar-refractivity contribution is 9.10. The maximum Gasteiger partial charge on any atom is 0.175 e. The van der Waals surface area contributed by atoms with Crippen LogP contribution in [0.2, 0.25) is 0 Å². The molecule has 0 amide bonds. The number of benzene rings is 2. The number of aryl methyl sites for hydroxylation is 1. The third-order valence-corrected chi connectivity index (χ3v) is 4.76. The highest BCUT2D eigenvalue weighted by Crippen LogP contribution is 2.37. The molecule has 0 fully saturated rings. The van der Waals surface area contributed by atoms with Gasteiger partial charge in [0.2, 0.25) is 0 Å². The Hall–Kier alpha value is -2.38. The van der Waals surface area contributed by atoms with Crippen LogP contribution in [0.15, 0.2) is 53.3 Å². The van der Waals surface area contributed by atoms with Gasteiger partial charge in [-0.15, -0.1) is 10.2 Å². The molecule has 0 aliphatic rings. The summed E-state index contributed by atoms with van der Waals surface area (Å²) in [7, 11) is 3.61. The number of hydrogen-bond donors (Lipinski definition) is 1. The van der Waals surface area contributed by atoms with Gasteiger partial charge in [0.1, 0.15) is 18.8 Å². The van der Waals surface area contributed by atoms with Gasteiger partial charge in [0, 0.05) is 26.6 Å². The summed E-state index contributed by atoms with van der Waals surface area (Å²) in [5, 5.41) is 11.4. The van der Waals surface area contributed by atoms with Crippen LogP contribution in [0.5, 0.6) is 11.5 Å². The topological polar surface area (TPSA) is 61.2 Å². The highest BCUT2D eigenvalue weighted by atomic mass is 79.9. The number of methoxy groups -OCH3 is 1. The molecular weight excluding hydrogens is 408 g/mol. The van der Waals surface area contributed by atoms with E-state index in [0.717, 1.165) is 40.9 Å². The molecule has 2 aromatic carbocycles. The first-order valence-electron chi connectivity index (χ1n) is 8.74. The fourth-order valence-corrected chi connectivity index (χ4v) is 3.32. The van der Waals surface area contributed by atoms with Crippen molar-refractivity contribution in [1.82, 2.24) is 20.1 Å². The summed E-state index contributed by atoms with van der Waals surface area (Å²) < 4.78 is 14.3. The van der Waals surface area contributed by atoms with Gasteiger partial charge >= 0.3 is 0 Å². The van der Waals surface area contributed by atoms with E-state index in [1.54, 1.807) is 13.4 Å². The number of ether oxygens (including phenoxy) is 2. The average Bonchev–Trinajstić information content (AvgIpc) is 3.09. The zero-order valence-corrected chi connectivity index (χ0v) is 17.1. The third-order valence-electron chi connectivity index (χ3n) is 4.17. The molecule has 0 aliphatic heterocycles. The zero-order chi connectivity index (χ0) is 19.1. The first-order chi connectivity index (χ1) is 13.2. The van der Waals surface area contributed by atoms with Crippen LogP contribution in [-0.2, 0) is 26.6 Å². The van der Waals surface area contributed by atoms with E-state index in [2.05, 4.69) is 37.5 Å². The summed E-state index contributed by atoms with van der Waals surface area (Å²) in [6, 6.07) is 14.1. The first kappa shape index (κ1) is 19.4. The molecule has 0 unspecified atom stereocenters. The van der Waals surface area contributed by atoms with Crippen LogP contribution in [0.1, 0.15) is 17.0 Å². The predicted molar refractivity (Wildman–Crippen MR) is 108 cm³/mol. The quantitative estimate of drug-likeness (QED) is 0.526. The van der Waals surface area contributed by atoms with E-state index in [-0.39, 0.29) is 0 Å². The number of rotatable bonds is 9. The van der Waals surface area contributed by atoms with Crippen molar-refractivity contribution in [2.45, 2.75) is 19.6 Å². The van der Waals surface area contributed by atoms with Crippen LogP contribution in [0.4, 0.5) is 0 Å². The largest absolute Gasteiger partial charge is 0.493 e. The van der Waals surface area contributed by atoms with Gasteiger partial charge in [-0.1, -0.05) is 30.3 Å². The molecule has 27 heavy (non-hydrogen) atoms. The summed E-state index contributed by atoms with van der Waals surface area (Å²) in [6.45, 7) is 2.04. The first-order valence-corrected chi connectivity index (χ1v) is 9.53. The number of aromatic nitrogens is 3. The molecule has 3 rings (SSSR count). The molecule has 142 valence electrons. The summed E-state index contributed by atoms with van der Waals surface area (Å²) in [6.07, 6.45) is 2.54. The minimum absolute atomic E-state index is 0.491. The molecule has 0 aliphatic carbocycles. The third kappa shape index (κ3) is 5.30. The van der Waals surface area contributed by atoms with Crippen molar-refractivity contribution in [3.8, 4) is 11.5 Å². The fourth-order valence-electron chi connectivity index (χ4n) is 2.71. The average molecular weight is 431 g/mol. The standard InChI is InChI=1S/C20H23BrN4O2/c1-25-14-23-24-19(25)8-9-22-12-16-10-17(21)20(18(11-16)26-2)27-13-15-6-4-3-5-7-15/h3-7,10-11,14,22H,8-9,12-13H2,1-2H3. The zero-order valence-electron chi connectivity index (χ0n) is 15.5. The van der Waals surface area contributed by atoms with Gasteiger partial charge in [-0.25, -0.2) is 0 Å². The van der Waals surface area contributed by atoms with Crippen molar-refractivity contribution in [2.24, 2.45) is 7.05 Å². The van der Waals surface area contributed by atoms with E-state index in [1.807, 2.05) is 48.0 Å². The number of halogens is 1. The van der Waals surface area contributed by atoms with E-state index < -0.39 is 0 Å². The SMILES string of the molecule is COc1cc(CNCCc2nncn2C)cc(Br)c1OCc1ccccc1.